The average molecular weight is 206 g/mol. The quantitative estimate of drug-likeness (QED) is 0.811. The zero-order valence-corrected chi connectivity index (χ0v) is 8.53. The number of hydrogen-bond donors (Lipinski definition) is 1. The Bertz CT molecular complexity index is 412. The lowest BCUT2D eigenvalue weighted by Gasteiger charge is -2.05. The molecule has 72 valence electrons. The number of nitrogens with zero attached hydrogens (tertiary/aromatic N) is 3. The van der Waals surface area contributed by atoms with Crippen LogP contribution in [0.4, 0.5) is 5.13 Å². The normalized spacial score (nSPS) is 12.6. The molecule has 2 heterocycles. The van der Waals surface area contributed by atoms with Gasteiger partial charge in [0, 0.05) is 6.20 Å². The van der Waals surface area contributed by atoms with E-state index >= 15 is 0 Å². The Hall–Kier alpha value is -1.49. The molecule has 0 radical (unpaired) electrons. The predicted molar refractivity (Wildman–Crippen MR) is 56.1 cm³/mol. The van der Waals surface area contributed by atoms with E-state index in [-0.39, 0.29) is 5.92 Å². The van der Waals surface area contributed by atoms with Crippen LogP contribution in [0.2, 0.25) is 0 Å². The van der Waals surface area contributed by atoms with Gasteiger partial charge in [0.05, 0.1) is 11.6 Å². The van der Waals surface area contributed by atoms with E-state index in [0.29, 0.717) is 5.13 Å². The molecule has 4 nitrogen and oxygen atoms in total. The van der Waals surface area contributed by atoms with Crippen LogP contribution in [0, 0.1) is 0 Å². The Morgan fingerprint density at radius 1 is 1.36 bits per heavy atom. The number of nitrogen functional groups attached to an aromatic ring is 1. The van der Waals surface area contributed by atoms with Crippen molar-refractivity contribution in [1.29, 1.82) is 0 Å². The molecular formula is C9H10N4S. The van der Waals surface area contributed by atoms with E-state index in [9.17, 15) is 0 Å². The summed E-state index contributed by atoms with van der Waals surface area (Å²) >= 11 is 1.41. The van der Waals surface area contributed by atoms with Crippen LogP contribution in [0.25, 0.3) is 0 Å². The molecule has 0 amide bonds. The molecule has 0 aromatic carbocycles. The number of pyridine rings is 1. The van der Waals surface area contributed by atoms with Crippen molar-refractivity contribution in [1.82, 2.24) is 15.2 Å². The lowest BCUT2D eigenvalue weighted by atomic mass is 10.1. The summed E-state index contributed by atoms with van der Waals surface area (Å²) in [6.07, 6.45) is 1.77. The van der Waals surface area contributed by atoms with E-state index in [1.54, 1.807) is 6.20 Å². The van der Waals surface area contributed by atoms with Crippen molar-refractivity contribution >= 4 is 16.5 Å². The first kappa shape index (κ1) is 9.08. The molecule has 0 aliphatic heterocycles. The summed E-state index contributed by atoms with van der Waals surface area (Å²) in [5.41, 5.74) is 6.51. The van der Waals surface area contributed by atoms with Gasteiger partial charge < -0.3 is 5.73 Å². The van der Waals surface area contributed by atoms with E-state index in [4.69, 9.17) is 5.73 Å². The molecule has 5 heteroatoms. The summed E-state index contributed by atoms with van der Waals surface area (Å²) in [6.45, 7) is 2.04. The number of hydrogen-bond acceptors (Lipinski definition) is 5. The van der Waals surface area contributed by atoms with E-state index in [1.807, 2.05) is 25.1 Å². The SMILES string of the molecule is CC(c1ccccn1)c1nnc(N)s1. The summed E-state index contributed by atoms with van der Waals surface area (Å²) in [4.78, 5) is 4.26. The number of rotatable bonds is 2. The summed E-state index contributed by atoms with van der Waals surface area (Å²) in [6, 6.07) is 5.83. The fourth-order valence-electron chi connectivity index (χ4n) is 1.18. The largest absolute Gasteiger partial charge is 0.374 e. The number of nitrogens with two attached hydrogens (primary N) is 1. The van der Waals surface area contributed by atoms with Gasteiger partial charge in [0.1, 0.15) is 5.01 Å². The third-order valence-electron chi connectivity index (χ3n) is 1.96. The maximum atomic E-state index is 5.52. The van der Waals surface area contributed by atoms with Crippen molar-refractivity contribution in [3.8, 4) is 0 Å². The maximum Gasteiger partial charge on any atom is 0.203 e. The zero-order chi connectivity index (χ0) is 9.97. The maximum absolute atomic E-state index is 5.52. The van der Waals surface area contributed by atoms with Crippen molar-refractivity contribution in [2.24, 2.45) is 0 Å². The van der Waals surface area contributed by atoms with Gasteiger partial charge >= 0.3 is 0 Å². The Balaban J connectivity index is 2.29. The average Bonchev–Trinajstić information content (AvgIpc) is 2.65. The molecule has 1 unspecified atom stereocenters. The fraction of sp³-hybridized carbons (Fsp3) is 0.222. The molecule has 0 saturated heterocycles. The standard InChI is InChI=1S/C9H10N4S/c1-6(7-4-2-3-5-11-7)8-12-13-9(10)14-8/h2-6H,1H3,(H2,10,13). The van der Waals surface area contributed by atoms with Crippen molar-refractivity contribution in [2.75, 3.05) is 5.73 Å². The molecule has 0 spiro atoms. The summed E-state index contributed by atoms with van der Waals surface area (Å²) < 4.78 is 0. The Kier molecular flexibility index (Phi) is 2.41. The van der Waals surface area contributed by atoms with Gasteiger partial charge in [-0.3, -0.25) is 4.98 Å². The summed E-state index contributed by atoms with van der Waals surface area (Å²) in [5.74, 6) is 0.158. The first-order valence-corrected chi connectivity index (χ1v) is 5.09. The minimum absolute atomic E-state index is 0.158. The summed E-state index contributed by atoms with van der Waals surface area (Å²) in [7, 11) is 0. The third-order valence-corrected chi connectivity index (χ3v) is 2.89. The van der Waals surface area contributed by atoms with Crippen LogP contribution < -0.4 is 5.73 Å². The fourth-order valence-corrected chi connectivity index (χ4v) is 1.86. The van der Waals surface area contributed by atoms with Crippen LogP contribution in [-0.2, 0) is 0 Å². The highest BCUT2D eigenvalue weighted by Gasteiger charge is 2.13. The lowest BCUT2D eigenvalue weighted by Crippen LogP contribution is -1.97. The van der Waals surface area contributed by atoms with Crippen LogP contribution in [0.15, 0.2) is 24.4 Å². The lowest BCUT2D eigenvalue weighted by molar-refractivity contribution is 0.834. The Morgan fingerprint density at radius 3 is 2.79 bits per heavy atom. The molecular weight excluding hydrogens is 196 g/mol. The highest BCUT2D eigenvalue weighted by atomic mass is 32.1. The van der Waals surface area contributed by atoms with Crippen LogP contribution in [0.3, 0.4) is 0 Å². The Morgan fingerprint density at radius 2 is 2.21 bits per heavy atom. The third kappa shape index (κ3) is 1.72. The van der Waals surface area contributed by atoms with Gasteiger partial charge in [-0.2, -0.15) is 0 Å². The second-order valence-corrected chi connectivity index (χ2v) is 4.00. The van der Waals surface area contributed by atoms with Crippen LogP contribution in [0.5, 0.6) is 0 Å². The van der Waals surface area contributed by atoms with Gasteiger partial charge in [-0.1, -0.05) is 24.3 Å². The number of anilines is 1. The highest BCUT2D eigenvalue weighted by Crippen LogP contribution is 2.25. The molecule has 0 fully saturated rings. The van der Waals surface area contributed by atoms with Gasteiger partial charge in [-0.05, 0) is 12.1 Å². The predicted octanol–water partition coefficient (Wildman–Crippen LogP) is 1.67. The van der Waals surface area contributed by atoms with Gasteiger partial charge in [0.25, 0.3) is 0 Å². The highest BCUT2D eigenvalue weighted by molar-refractivity contribution is 7.15. The molecule has 2 aromatic heterocycles. The number of aromatic nitrogens is 3. The topological polar surface area (TPSA) is 64.7 Å². The van der Waals surface area contributed by atoms with E-state index < -0.39 is 0 Å². The molecule has 2 aromatic rings. The van der Waals surface area contributed by atoms with E-state index in [2.05, 4.69) is 15.2 Å². The monoisotopic (exact) mass is 206 g/mol. The van der Waals surface area contributed by atoms with Gasteiger partial charge in [0.15, 0.2) is 0 Å². The van der Waals surface area contributed by atoms with Crippen molar-refractivity contribution < 1.29 is 0 Å². The van der Waals surface area contributed by atoms with Crippen LogP contribution >= 0.6 is 11.3 Å². The minimum atomic E-state index is 0.158. The molecule has 2 N–H and O–H groups in total. The molecule has 0 aliphatic rings. The Labute approximate surface area is 85.8 Å². The molecule has 1 atom stereocenters. The molecule has 0 aliphatic carbocycles. The molecule has 14 heavy (non-hydrogen) atoms. The minimum Gasteiger partial charge on any atom is -0.374 e. The second kappa shape index (κ2) is 3.71. The second-order valence-electron chi connectivity index (χ2n) is 2.95. The smallest absolute Gasteiger partial charge is 0.203 e. The van der Waals surface area contributed by atoms with Crippen molar-refractivity contribution in [3.63, 3.8) is 0 Å². The summed E-state index contributed by atoms with van der Waals surface area (Å²) in [5, 5.41) is 9.18. The molecule has 0 saturated carbocycles. The van der Waals surface area contributed by atoms with Gasteiger partial charge in [0.2, 0.25) is 5.13 Å². The van der Waals surface area contributed by atoms with E-state index in [0.717, 1.165) is 10.7 Å². The van der Waals surface area contributed by atoms with Gasteiger partial charge in [-0.25, -0.2) is 0 Å². The zero-order valence-electron chi connectivity index (χ0n) is 7.71. The first-order chi connectivity index (χ1) is 6.77. The first-order valence-electron chi connectivity index (χ1n) is 4.27. The molecule has 2 rings (SSSR count). The van der Waals surface area contributed by atoms with Crippen LogP contribution in [0.1, 0.15) is 23.5 Å². The molecule has 0 bridgehead atoms. The van der Waals surface area contributed by atoms with E-state index in [1.165, 1.54) is 11.3 Å². The van der Waals surface area contributed by atoms with Crippen molar-refractivity contribution in [3.05, 3.63) is 35.1 Å². The van der Waals surface area contributed by atoms with Crippen molar-refractivity contribution in [2.45, 2.75) is 12.8 Å². The van der Waals surface area contributed by atoms with Gasteiger partial charge in [-0.15, -0.1) is 10.2 Å². The van der Waals surface area contributed by atoms with Crippen LogP contribution in [-0.4, -0.2) is 15.2 Å².